The van der Waals surface area contributed by atoms with Gasteiger partial charge in [-0.3, -0.25) is 4.68 Å². The number of fused-ring (bicyclic) bond motifs is 1. The Bertz CT molecular complexity index is 1240. The monoisotopic (exact) mass is 429 g/mol. The van der Waals surface area contributed by atoms with Crippen LogP contribution in [0.5, 0.6) is 5.75 Å². The van der Waals surface area contributed by atoms with Crippen LogP contribution >= 0.6 is 0 Å². The van der Waals surface area contributed by atoms with Crippen LogP contribution in [-0.2, 0) is 7.05 Å². The molecule has 0 atom stereocenters. The van der Waals surface area contributed by atoms with Crippen molar-refractivity contribution >= 4 is 34.2 Å². The smallest absolute Gasteiger partial charge is 0.229 e. The highest BCUT2D eigenvalue weighted by atomic mass is 16.5. The van der Waals surface area contributed by atoms with E-state index in [4.69, 9.17) is 14.7 Å². The van der Waals surface area contributed by atoms with Gasteiger partial charge in [-0.25, -0.2) is 0 Å². The number of benzene rings is 2. The Morgan fingerprint density at radius 3 is 2.41 bits per heavy atom. The molecule has 32 heavy (non-hydrogen) atoms. The summed E-state index contributed by atoms with van der Waals surface area (Å²) >= 11 is 0. The van der Waals surface area contributed by atoms with Gasteiger partial charge in [0.15, 0.2) is 5.65 Å². The van der Waals surface area contributed by atoms with Crippen molar-refractivity contribution in [2.75, 3.05) is 48.4 Å². The van der Waals surface area contributed by atoms with Crippen molar-refractivity contribution < 1.29 is 4.74 Å². The Morgan fingerprint density at radius 1 is 0.906 bits per heavy atom. The van der Waals surface area contributed by atoms with Gasteiger partial charge in [-0.1, -0.05) is 30.3 Å². The molecule has 0 aliphatic carbocycles. The van der Waals surface area contributed by atoms with Gasteiger partial charge in [0.25, 0.3) is 0 Å². The van der Waals surface area contributed by atoms with Gasteiger partial charge in [0.05, 0.1) is 24.4 Å². The normalized spacial score (nSPS) is 14.1. The molecular formula is C24H27N7O. The molecule has 8 nitrogen and oxygen atoms in total. The Kier molecular flexibility index (Phi) is 5.26. The zero-order valence-corrected chi connectivity index (χ0v) is 18.6. The lowest BCUT2D eigenvalue weighted by Crippen LogP contribution is -2.47. The number of hydrogen-bond donors (Lipinski definition) is 1. The third-order valence-electron chi connectivity index (χ3n) is 5.97. The van der Waals surface area contributed by atoms with E-state index >= 15 is 0 Å². The zero-order chi connectivity index (χ0) is 22.1. The van der Waals surface area contributed by atoms with Gasteiger partial charge in [0, 0.05) is 38.9 Å². The third-order valence-corrected chi connectivity index (χ3v) is 5.97. The van der Waals surface area contributed by atoms with Crippen LogP contribution in [0.4, 0.5) is 23.1 Å². The predicted octanol–water partition coefficient (Wildman–Crippen LogP) is 3.75. The molecule has 1 aliphatic rings. The molecular weight excluding hydrogens is 402 g/mol. The van der Waals surface area contributed by atoms with Crippen LogP contribution in [0.1, 0.15) is 5.56 Å². The first-order chi connectivity index (χ1) is 15.6. The summed E-state index contributed by atoms with van der Waals surface area (Å²) in [6.45, 7) is 5.47. The standard InChI is InChI=1S/C24H27N7O/c1-17-8-4-5-9-19(17)26-22-18-16-25-29(2)23(18)28-24(27-22)31-14-12-30(13-15-31)20-10-6-7-11-21(20)32-3/h4-11,16H,12-15H2,1-3H3,(H,26,27,28). The molecule has 1 fully saturated rings. The Labute approximate surface area is 187 Å². The highest BCUT2D eigenvalue weighted by Crippen LogP contribution is 2.30. The fourth-order valence-corrected chi connectivity index (χ4v) is 4.13. The highest BCUT2D eigenvalue weighted by molar-refractivity contribution is 5.89. The zero-order valence-electron chi connectivity index (χ0n) is 18.6. The number of ether oxygens (including phenoxy) is 1. The molecule has 2 aromatic heterocycles. The van der Waals surface area contributed by atoms with Crippen LogP contribution in [0.15, 0.2) is 54.7 Å². The number of methoxy groups -OCH3 is 1. The van der Waals surface area contributed by atoms with Crippen LogP contribution in [0.25, 0.3) is 11.0 Å². The maximum atomic E-state index is 5.55. The van der Waals surface area contributed by atoms with E-state index < -0.39 is 0 Å². The number of piperazine rings is 1. The summed E-state index contributed by atoms with van der Waals surface area (Å²) in [5.74, 6) is 2.40. The molecule has 8 heteroatoms. The van der Waals surface area contributed by atoms with E-state index in [0.29, 0.717) is 0 Å². The summed E-state index contributed by atoms with van der Waals surface area (Å²) in [6, 6.07) is 16.4. The van der Waals surface area contributed by atoms with Crippen molar-refractivity contribution in [3.63, 3.8) is 0 Å². The first kappa shape index (κ1) is 20.1. The van der Waals surface area contributed by atoms with Gasteiger partial charge in [0.1, 0.15) is 11.6 Å². The van der Waals surface area contributed by atoms with Gasteiger partial charge in [-0.05, 0) is 30.7 Å². The van der Waals surface area contributed by atoms with E-state index in [0.717, 1.165) is 71.7 Å². The number of rotatable bonds is 5. The van der Waals surface area contributed by atoms with Gasteiger partial charge in [0.2, 0.25) is 5.95 Å². The molecule has 0 amide bonds. The fraction of sp³-hybridized carbons (Fsp3) is 0.292. The van der Waals surface area contributed by atoms with Crippen LogP contribution in [0.2, 0.25) is 0 Å². The molecule has 2 aromatic carbocycles. The molecule has 0 radical (unpaired) electrons. The molecule has 5 rings (SSSR count). The quantitative estimate of drug-likeness (QED) is 0.518. The molecule has 4 aromatic rings. The minimum absolute atomic E-state index is 0.719. The number of para-hydroxylation sites is 3. The fourth-order valence-electron chi connectivity index (χ4n) is 4.13. The van der Waals surface area contributed by atoms with Crippen molar-refractivity contribution in [2.24, 2.45) is 7.05 Å². The minimum atomic E-state index is 0.719. The van der Waals surface area contributed by atoms with Crippen LogP contribution in [-0.4, -0.2) is 53.0 Å². The number of aromatic nitrogens is 4. The molecule has 1 N–H and O–H groups in total. The molecule has 164 valence electrons. The molecule has 0 spiro atoms. The minimum Gasteiger partial charge on any atom is -0.495 e. The summed E-state index contributed by atoms with van der Waals surface area (Å²) < 4.78 is 7.35. The van der Waals surface area contributed by atoms with Crippen molar-refractivity contribution in [2.45, 2.75) is 6.92 Å². The average Bonchev–Trinajstić information content (AvgIpc) is 3.21. The number of nitrogens with one attached hydrogen (secondary N) is 1. The summed E-state index contributed by atoms with van der Waals surface area (Å²) in [6.07, 6.45) is 1.82. The van der Waals surface area contributed by atoms with Gasteiger partial charge in [-0.2, -0.15) is 15.1 Å². The molecule has 1 saturated heterocycles. The predicted molar refractivity (Wildman–Crippen MR) is 128 cm³/mol. The van der Waals surface area contributed by atoms with Crippen molar-refractivity contribution in [1.29, 1.82) is 0 Å². The van der Waals surface area contributed by atoms with Gasteiger partial charge < -0.3 is 19.9 Å². The lowest BCUT2D eigenvalue weighted by atomic mass is 10.2. The first-order valence-electron chi connectivity index (χ1n) is 10.8. The highest BCUT2D eigenvalue weighted by Gasteiger charge is 2.23. The lowest BCUT2D eigenvalue weighted by Gasteiger charge is -2.36. The summed E-state index contributed by atoms with van der Waals surface area (Å²) in [4.78, 5) is 14.3. The van der Waals surface area contributed by atoms with Crippen molar-refractivity contribution in [3.05, 3.63) is 60.3 Å². The largest absolute Gasteiger partial charge is 0.495 e. The number of hydrogen-bond acceptors (Lipinski definition) is 7. The van der Waals surface area contributed by atoms with E-state index in [1.165, 1.54) is 0 Å². The second-order valence-corrected chi connectivity index (χ2v) is 7.96. The van der Waals surface area contributed by atoms with E-state index in [9.17, 15) is 0 Å². The number of nitrogens with zero attached hydrogens (tertiary/aromatic N) is 6. The maximum absolute atomic E-state index is 5.55. The van der Waals surface area contributed by atoms with E-state index in [-0.39, 0.29) is 0 Å². The summed E-state index contributed by atoms with van der Waals surface area (Å²) in [5, 5.41) is 8.82. The maximum Gasteiger partial charge on any atom is 0.229 e. The van der Waals surface area contributed by atoms with Crippen LogP contribution in [0.3, 0.4) is 0 Å². The Morgan fingerprint density at radius 2 is 1.62 bits per heavy atom. The topological polar surface area (TPSA) is 71.3 Å². The van der Waals surface area contributed by atoms with Crippen molar-refractivity contribution in [1.82, 2.24) is 19.7 Å². The van der Waals surface area contributed by atoms with Crippen LogP contribution < -0.4 is 19.9 Å². The molecule has 1 aliphatic heterocycles. The van der Waals surface area contributed by atoms with Gasteiger partial charge in [-0.15, -0.1) is 0 Å². The van der Waals surface area contributed by atoms with E-state index in [2.05, 4.69) is 45.3 Å². The van der Waals surface area contributed by atoms with Crippen molar-refractivity contribution in [3.8, 4) is 5.75 Å². The Hall–Kier alpha value is -3.81. The van der Waals surface area contributed by atoms with Crippen LogP contribution in [0, 0.1) is 6.92 Å². The Balaban J connectivity index is 1.42. The number of aryl methyl sites for hydroxylation is 2. The average molecular weight is 430 g/mol. The second-order valence-electron chi connectivity index (χ2n) is 7.96. The van der Waals surface area contributed by atoms with Gasteiger partial charge >= 0.3 is 0 Å². The van der Waals surface area contributed by atoms with E-state index in [1.807, 2.05) is 43.6 Å². The molecule has 0 unspecified atom stereocenters. The number of anilines is 4. The SMILES string of the molecule is COc1ccccc1N1CCN(c2nc(Nc3ccccc3C)c3cnn(C)c3n2)CC1. The second kappa shape index (κ2) is 8.37. The molecule has 0 saturated carbocycles. The summed E-state index contributed by atoms with van der Waals surface area (Å²) in [5.41, 5.74) is 4.14. The first-order valence-corrected chi connectivity index (χ1v) is 10.8. The third kappa shape index (κ3) is 3.68. The molecule has 0 bridgehead atoms. The summed E-state index contributed by atoms with van der Waals surface area (Å²) in [7, 11) is 3.63. The van der Waals surface area contributed by atoms with E-state index in [1.54, 1.807) is 11.8 Å². The molecule has 3 heterocycles. The lowest BCUT2D eigenvalue weighted by molar-refractivity contribution is 0.413.